The van der Waals surface area contributed by atoms with Crippen molar-refractivity contribution in [2.24, 2.45) is 0 Å². The van der Waals surface area contributed by atoms with Crippen LogP contribution in [0.2, 0.25) is 5.02 Å². The highest BCUT2D eigenvalue weighted by molar-refractivity contribution is 9.10. The number of nitrogens with one attached hydrogen (secondary N) is 1. The van der Waals surface area contributed by atoms with Crippen LogP contribution >= 0.6 is 27.5 Å². The zero-order valence-electron chi connectivity index (χ0n) is 9.34. The first kappa shape index (κ1) is 12.4. The minimum atomic E-state index is 0.618. The summed E-state index contributed by atoms with van der Waals surface area (Å²) in [6.45, 7) is 3.23. The van der Waals surface area contributed by atoms with Crippen LogP contribution in [0.1, 0.15) is 12.0 Å². The SMILES string of the molecule is CN1CCC(NCc2ccc(Br)c(Cl)c2)C1. The van der Waals surface area contributed by atoms with Gasteiger partial charge in [0.1, 0.15) is 0 Å². The molecule has 0 aromatic heterocycles. The maximum absolute atomic E-state index is 6.05. The van der Waals surface area contributed by atoms with Crippen LogP contribution in [0, 0.1) is 0 Å². The molecule has 0 spiro atoms. The van der Waals surface area contributed by atoms with E-state index in [9.17, 15) is 0 Å². The minimum absolute atomic E-state index is 0.618. The monoisotopic (exact) mass is 302 g/mol. The molecule has 1 atom stereocenters. The van der Waals surface area contributed by atoms with Gasteiger partial charge >= 0.3 is 0 Å². The predicted molar refractivity (Wildman–Crippen MR) is 71.9 cm³/mol. The Bertz CT molecular complexity index is 370. The van der Waals surface area contributed by atoms with Crippen molar-refractivity contribution in [2.45, 2.75) is 19.0 Å². The largest absolute Gasteiger partial charge is 0.309 e. The average Bonchev–Trinajstić information content (AvgIpc) is 2.66. The molecular formula is C12H16BrClN2. The molecule has 1 N–H and O–H groups in total. The van der Waals surface area contributed by atoms with Gasteiger partial charge in [0.2, 0.25) is 0 Å². The Kier molecular flexibility index (Phi) is 4.25. The van der Waals surface area contributed by atoms with Crippen molar-refractivity contribution in [3.8, 4) is 0 Å². The van der Waals surface area contributed by atoms with E-state index in [1.807, 2.05) is 12.1 Å². The molecule has 1 unspecified atom stereocenters. The molecule has 4 heteroatoms. The molecule has 1 aliphatic rings. The lowest BCUT2D eigenvalue weighted by Crippen LogP contribution is -2.30. The highest BCUT2D eigenvalue weighted by atomic mass is 79.9. The van der Waals surface area contributed by atoms with Crippen LogP contribution in [0.25, 0.3) is 0 Å². The summed E-state index contributed by atoms with van der Waals surface area (Å²) in [7, 11) is 2.16. The summed E-state index contributed by atoms with van der Waals surface area (Å²) >= 11 is 9.45. The van der Waals surface area contributed by atoms with Gasteiger partial charge in [0.05, 0.1) is 5.02 Å². The third kappa shape index (κ3) is 3.20. The molecule has 0 saturated carbocycles. The number of rotatable bonds is 3. The van der Waals surface area contributed by atoms with Crippen molar-refractivity contribution in [1.82, 2.24) is 10.2 Å². The lowest BCUT2D eigenvalue weighted by molar-refractivity contribution is 0.397. The molecule has 0 bridgehead atoms. The van der Waals surface area contributed by atoms with Gasteiger partial charge in [0, 0.05) is 23.6 Å². The lowest BCUT2D eigenvalue weighted by Gasteiger charge is -2.13. The number of hydrogen-bond donors (Lipinski definition) is 1. The van der Waals surface area contributed by atoms with Crippen LogP contribution in [-0.2, 0) is 6.54 Å². The predicted octanol–water partition coefficient (Wildman–Crippen LogP) is 2.90. The van der Waals surface area contributed by atoms with Gasteiger partial charge in [-0.1, -0.05) is 17.7 Å². The van der Waals surface area contributed by atoms with E-state index in [1.54, 1.807) is 0 Å². The molecule has 1 aromatic rings. The summed E-state index contributed by atoms with van der Waals surface area (Å²) in [4.78, 5) is 2.35. The molecule has 1 heterocycles. The molecule has 0 aliphatic carbocycles. The first-order chi connectivity index (χ1) is 7.65. The zero-order valence-corrected chi connectivity index (χ0v) is 11.7. The van der Waals surface area contributed by atoms with E-state index in [-0.39, 0.29) is 0 Å². The Balaban J connectivity index is 1.87. The molecule has 0 radical (unpaired) electrons. The Labute approximate surface area is 110 Å². The van der Waals surface area contributed by atoms with Gasteiger partial charge < -0.3 is 10.2 Å². The molecule has 1 fully saturated rings. The number of halogens is 2. The van der Waals surface area contributed by atoms with Gasteiger partial charge in [0.15, 0.2) is 0 Å². The van der Waals surface area contributed by atoms with Crippen LogP contribution in [0.5, 0.6) is 0 Å². The lowest BCUT2D eigenvalue weighted by atomic mass is 10.2. The topological polar surface area (TPSA) is 15.3 Å². The van der Waals surface area contributed by atoms with Gasteiger partial charge in [-0.05, 0) is 53.6 Å². The van der Waals surface area contributed by atoms with Crippen LogP contribution in [0.15, 0.2) is 22.7 Å². The number of likely N-dealkylation sites (tertiary alicyclic amines) is 1. The smallest absolute Gasteiger partial charge is 0.0551 e. The third-order valence-electron chi connectivity index (χ3n) is 2.97. The molecule has 0 amide bonds. The van der Waals surface area contributed by atoms with Gasteiger partial charge in [0.25, 0.3) is 0 Å². The summed E-state index contributed by atoms with van der Waals surface area (Å²) < 4.78 is 0.957. The van der Waals surface area contributed by atoms with E-state index in [2.05, 4.69) is 39.3 Å². The number of nitrogens with zero attached hydrogens (tertiary/aromatic N) is 1. The first-order valence-corrected chi connectivity index (χ1v) is 6.68. The van der Waals surface area contributed by atoms with Gasteiger partial charge in [-0.25, -0.2) is 0 Å². The van der Waals surface area contributed by atoms with Crippen molar-refractivity contribution in [3.05, 3.63) is 33.3 Å². The molecule has 88 valence electrons. The average molecular weight is 304 g/mol. The number of likely N-dealkylation sites (N-methyl/N-ethyl adjacent to an activating group) is 1. The molecule has 1 saturated heterocycles. The fourth-order valence-corrected chi connectivity index (χ4v) is 2.46. The fraction of sp³-hybridized carbons (Fsp3) is 0.500. The second kappa shape index (κ2) is 5.50. The van der Waals surface area contributed by atoms with Crippen LogP contribution in [-0.4, -0.2) is 31.1 Å². The van der Waals surface area contributed by atoms with Crippen LogP contribution in [0.3, 0.4) is 0 Å². The molecule has 1 aromatic carbocycles. The summed E-state index contributed by atoms with van der Waals surface area (Å²) in [6.07, 6.45) is 1.24. The maximum atomic E-state index is 6.05. The molecule has 2 nitrogen and oxygen atoms in total. The van der Waals surface area contributed by atoms with Crippen molar-refractivity contribution >= 4 is 27.5 Å². The van der Waals surface area contributed by atoms with E-state index >= 15 is 0 Å². The van der Waals surface area contributed by atoms with Gasteiger partial charge in [-0.3, -0.25) is 0 Å². The van der Waals surface area contributed by atoms with E-state index in [4.69, 9.17) is 11.6 Å². The Morgan fingerprint density at radius 2 is 2.38 bits per heavy atom. The molecular weight excluding hydrogens is 288 g/mol. The summed E-state index contributed by atoms with van der Waals surface area (Å²) in [6, 6.07) is 6.73. The van der Waals surface area contributed by atoms with Crippen molar-refractivity contribution in [3.63, 3.8) is 0 Å². The molecule has 2 rings (SSSR count). The van der Waals surface area contributed by atoms with E-state index in [1.165, 1.54) is 18.5 Å². The van der Waals surface area contributed by atoms with Crippen molar-refractivity contribution in [1.29, 1.82) is 0 Å². The highest BCUT2D eigenvalue weighted by Crippen LogP contribution is 2.23. The van der Waals surface area contributed by atoms with Gasteiger partial charge in [-0.2, -0.15) is 0 Å². The Morgan fingerprint density at radius 3 is 3.00 bits per heavy atom. The summed E-state index contributed by atoms with van der Waals surface area (Å²) in [5.41, 5.74) is 1.24. The maximum Gasteiger partial charge on any atom is 0.0551 e. The second-order valence-electron chi connectivity index (χ2n) is 4.38. The van der Waals surface area contributed by atoms with Crippen molar-refractivity contribution in [2.75, 3.05) is 20.1 Å². The van der Waals surface area contributed by atoms with E-state index in [0.29, 0.717) is 6.04 Å². The third-order valence-corrected chi connectivity index (χ3v) is 4.20. The molecule has 1 aliphatic heterocycles. The standard InChI is InChI=1S/C12H16BrClN2/c1-16-5-4-10(8-16)15-7-9-2-3-11(13)12(14)6-9/h2-3,6,10,15H,4-5,7-8H2,1H3. The van der Waals surface area contributed by atoms with Crippen molar-refractivity contribution < 1.29 is 0 Å². The molecule has 16 heavy (non-hydrogen) atoms. The van der Waals surface area contributed by atoms with E-state index < -0.39 is 0 Å². The number of benzene rings is 1. The van der Waals surface area contributed by atoms with Crippen LogP contribution in [0.4, 0.5) is 0 Å². The Morgan fingerprint density at radius 1 is 1.56 bits per heavy atom. The fourth-order valence-electron chi connectivity index (χ4n) is 2.01. The quantitative estimate of drug-likeness (QED) is 0.924. The summed E-state index contributed by atoms with van der Waals surface area (Å²) in [5.74, 6) is 0. The summed E-state index contributed by atoms with van der Waals surface area (Å²) in [5, 5.41) is 4.34. The van der Waals surface area contributed by atoms with Crippen LogP contribution < -0.4 is 5.32 Å². The Hall–Kier alpha value is -0.0900. The second-order valence-corrected chi connectivity index (χ2v) is 5.64. The number of hydrogen-bond acceptors (Lipinski definition) is 2. The highest BCUT2D eigenvalue weighted by Gasteiger charge is 2.18. The van der Waals surface area contributed by atoms with Gasteiger partial charge in [-0.15, -0.1) is 0 Å². The first-order valence-electron chi connectivity index (χ1n) is 5.51. The normalized spacial score (nSPS) is 21.6. The zero-order chi connectivity index (χ0) is 11.5. The van der Waals surface area contributed by atoms with E-state index in [0.717, 1.165) is 22.6 Å². The minimum Gasteiger partial charge on any atom is -0.309 e.